The van der Waals surface area contributed by atoms with Crippen LogP contribution in [0.1, 0.15) is 31.9 Å². The first-order chi connectivity index (χ1) is 9.79. The van der Waals surface area contributed by atoms with Gasteiger partial charge in [-0.25, -0.2) is 0 Å². The highest BCUT2D eigenvalue weighted by atomic mass is 19.4. The minimum absolute atomic E-state index is 0.0169. The minimum Gasteiger partial charge on any atom is -0.368 e. The molecule has 3 N–H and O–H groups in total. The lowest BCUT2D eigenvalue weighted by Crippen LogP contribution is -2.60. The standard InChI is InChI=1S/C13H19F3N4O/c1-2-6-18-12(11(17)21,9-3-4-9)8-20-7-5-10(19-20)13(14,15)16/h5,7,9,18H,2-4,6,8H2,1H3,(H2,17,21). The van der Waals surface area contributed by atoms with Crippen LogP contribution < -0.4 is 11.1 Å². The van der Waals surface area contributed by atoms with Crippen molar-refractivity contribution < 1.29 is 18.0 Å². The summed E-state index contributed by atoms with van der Waals surface area (Å²) in [6.45, 7) is 2.54. The van der Waals surface area contributed by atoms with Gasteiger partial charge in [-0.2, -0.15) is 18.3 Å². The molecule has 1 atom stereocenters. The number of hydrogen-bond donors (Lipinski definition) is 2. The molecule has 5 nitrogen and oxygen atoms in total. The van der Waals surface area contributed by atoms with Gasteiger partial charge in [0.15, 0.2) is 5.69 Å². The third kappa shape index (κ3) is 3.37. The van der Waals surface area contributed by atoms with Gasteiger partial charge in [0, 0.05) is 6.20 Å². The van der Waals surface area contributed by atoms with Crippen molar-refractivity contribution >= 4 is 5.91 Å². The highest BCUT2D eigenvalue weighted by Crippen LogP contribution is 2.40. The van der Waals surface area contributed by atoms with Crippen LogP contribution in [0.15, 0.2) is 12.3 Å². The number of alkyl halides is 3. The molecule has 1 aliphatic carbocycles. The van der Waals surface area contributed by atoms with Gasteiger partial charge in [-0.05, 0) is 37.8 Å². The topological polar surface area (TPSA) is 72.9 Å². The maximum Gasteiger partial charge on any atom is 0.435 e. The number of nitrogens with one attached hydrogen (secondary N) is 1. The third-order valence-corrected chi connectivity index (χ3v) is 3.75. The molecule has 8 heteroatoms. The fourth-order valence-corrected chi connectivity index (χ4v) is 2.48. The summed E-state index contributed by atoms with van der Waals surface area (Å²) >= 11 is 0. The summed E-state index contributed by atoms with van der Waals surface area (Å²) < 4.78 is 38.9. The van der Waals surface area contributed by atoms with E-state index < -0.39 is 23.3 Å². The number of nitrogens with zero attached hydrogens (tertiary/aromatic N) is 2. The van der Waals surface area contributed by atoms with Gasteiger partial charge in [-0.15, -0.1) is 0 Å². The van der Waals surface area contributed by atoms with Crippen molar-refractivity contribution in [1.29, 1.82) is 0 Å². The van der Waals surface area contributed by atoms with Crippen LogP contribution in [-0.4, -0.2) is 27.8 Å². The Labute approximate surface area is 120 Å². The van der Waals surface area contributed by atoms with Crippen molar-refractivity contribution in [3.63, 3.8) is 0 Å². The number of aromatic nitrogens is 2. The molecule has 0 spiro atoms. The zero-order valence-electron chi connectivity index (χ0n) is 11.8. The van der Waals surface area contributed by atoms with Crippen LogP contribution in [0.3, 0.4) is 0 Å². The SMILES string of the molecule is CCCNC(Cn1ccc(C(F)(F)F)n1)(C(N)=O)C1CC1. The molecule has 1 unspecified atom stereocenters. The van der Waals surface area contributed by atoms with E-state index in [-0.39, 0.29) is 12.5 Å². The molecule has 2 rings (SSSR count). The normalized spacial score (nSPS) is 18.5. The molecule has 1 aromatic heterocycles. The Morgan fingerprint density at radius 1 is 1.52 bits per heavy atom. The van der Waals surface area contributed by atoms with Crippen LogP contribution in [0.4, 0.5) is 13.2 Å². The minimum atomic E-state index is -4.49. The number of rotatable bonds is 7. The molecule has 1 saturated carbocycles. The molecule has 1 fully saturated rings. The first kappa shape index (κ1) is 15.8. The summed E-state index contributed by atoms with van der Waals surface area (Å²) in [5.74, 6) is -0.484. The quantitative estimate of drug-likeness (QED) is 0.802. The molecule has 0 saturated heterocycles. The molecule has 1 aliphatic rings. The molecule has 21 heavy (non-hydrogen) atoms. The number of nitrogens with two attached hydrogens (primary N) is 1. The number of hydrogen-bond acceptors (Lipinski definition) is 3. The highest BCUT2D eigenvalue weighted by molar-refractivity contribution is 5.85. The van der Waals surface area contributed by atoms with Crippen LogP contribution in [-0.2, 0) is 17.5 Å². The van der Waals surface area contributed by atoms with E-state index in [1.54, 1.807) is 0 Å². The third-order valence-electron chi connectivity index (χ3n) is 3.75. The van der Waals surface area contributed by atoms with Gasteiger partial charge < -0.3 is 11.1 Å². The maximum absolute atomic E-state index is 12.6. The van der Waals surface area contributed by atoms with E-state index in [0.717, 1.165) is 30.0 Å². The smallest absolute Gasteiger partial charge is 0.368 e. The molecule has 0 radical (unpaired) electrons. The molecule has 0 aromatic carbocycles. The van der Waals surface area contributed by atoms with Crippen molar-refractivity contribution in [3.05, 3.63) is 18.0 Å². The second-order valence-corrected chi connectivity index (χ2v) is 5.43. The van der Waals surface area contributed by atoms with Gasteiger partial charge in [-0.1, -0.05) is 6.92 Å². The average molecular weight is 304 g/mol. The highest BCUT2D eigenvalue weighted by Gasteiger charge is 2.50. The van der Waals surface area contributed by atoms with Crippen LogP contribution in [0.5, 0.6) is 0 Å². The zero-order chi connectivity index (χ0) is 15.7. The summed E-state index contributed by atoms with van der Waals surface area (Å²) in [6.07, 6.45) is -0.775. The van der Waals surface area contributed by atoms with Crippen molar-refractivity contribution in [2.24, 2.45) is 11.7 Å². The van der Waals surface area contributed by atoms with Crippen LogP contribution in [0.25, 0.3) is 0 Å². The van der Waals surface area contributed by atoms with Crippen molar-refractivity contribution in [3.8, 4) is 0 Å². The van der Waals surface area contributed by atoms with E-state index in [4.69, 9.17) is 5.73 Å². The van der Waals surface area contributed by atoms with Gasteiger partial charge in [0.05, 0.1) is 6.54 Å². The summed E-state index contributed by atoms with van der Waals surface area (Å²) in [5.41, 5.74) is 3.54. The predicted molar refractivity (Wildman–Crippen MR) is 70.2 cm³/mol. The Hall–Kier alpha value is -1.57. The lowest BCUT2D eigenvalue weighted by atomic mass is 9.92. The molecule has 1 amide bonds. The first-order valence-corrected chi connectivity index (χ1v) is 6.95. The van der Waals surface area contributed by atoms with E-state index >= 15 is 0 Å². The van der Waals surface area contributed by atoms with Crippen LogP contribution in [0, 0.1) is 5.92 Å². The Morgan fingerprint density at radius 3 is 2.62 bits per heavy atom. The zero-order valence-corrected chi connectivity index (χ0v) is 11.8. The molecule has 1 heterocycles. The first-order valence-electron chi connectivity index (χ1n) is 6.95. The lowest BCUT2D eigenvalue weighted by molar-refractivity contribution is -0.141. The summed E-state index contributed by atoms with van der Waals surface area (Å²) in [5, 5.41) is 6.64. The van der Waals surface area contributed by atoms with E-state index in [1.165, 1.54) is 6.20 Å². The Morgan fingerprint density at radius 2 is 2.19 bits per heavy atom. The molecular weight excluding hydrogens is 285 g/mol. The molecule has 1 aromatic rings. The van der Waals surface area contributed by atoms with Gasteiger partial charge in [-0.3, -0.25) is 9.48 Å². The van der Waals surface area contributed by atoms with Gasteiger partial charge in [0.2, 0.25) is 5.91 Å². The second-order valence-electron chi connectivity index (χ2n) is 5.43. The van der Waals surface area contributed by atoms with Crippen LogP contribution in [0.2, 0.25) is 0 Å². The van der Waals surface area contributed by atoms with Gasteiger partial charge in [0.1, 0.15) is 5.54 Å². The number of carbonyl (C=O) groups is 1. The molecule has 118 valence electrons. The summed E-state index contributed by atoms with van der Waals surface area (Å²) in [7, 11) is 0. The average Bonchev–Trinajstić information content (AvgIpc) is 3.13. The Kier molecular flexibility index (Phi) is 4.27. The van der Waals surface area contributed by atoms with E-state index in [1.807, 2.05) is 6.92 Å². The number of halogens is 3. The Balaban J connectivity index is 2.22. The van der Waals surface area contributed by atoms with Crippen molar-refractivity contribution in [1.82, 2.24) is 15.1 Å². The van der Waals surface area contributed by atoms with Crippen molar-refractivity contribution in [2.45, 2.75) is 44.4 Å². The van der Waals surface area contributed by atoms with Gasteiger partial charge >= 0.3 is 6.18 Å². The van der Waals surface area contributed by atoms with Crippen molar-refractivity contribution in [2.75, 3.05) is 6.54 Å². The van der Waals surface area contributed by atoms with Crippen LogP contribution >= 0.6 is 0 Å². The molecular formula is C13H19F3N4O. The number of amides is 1. The lowest BCUT2D eigenvalue weighted by Gasteiger charge is -2.32. The fraction of sp³-hybridized carbons (Fsp3) is 0.692. The molecule has 0 aliphatic heterocycles. The summed E-state index contributed by atoms with van der Waals surface area (Å²) in [4.78, 5) is 11.9. The number of primary amides is 1. The van der Waals surface area contributed by atoms with E-state index in [9.17, 15) is 18.0 Å². The van der Waals surface area contributed by atoms with Gasteiger partial charge in [0.25, 0.3) is 0 Å². The molecule has 0 bridgehead atoms. The number of carbonyl (C=O) groups excluding carboxylic acids is 1. The van der Waals surface area contributed by atoms with E-state index in [0.29, 0.717) is 6.54 Å². The monoisotopic (exact) mass is 304 g/mol. The maximum atomic E-state index is 12.6. The Bertz CT molecular complexity index is 510. The summed E-state index contributed by atoms with van der Waals surface area (Å²) in [6, 6.07) is 0.901. The second kappa shape index (κ2) is 5.67. The van der Waals surface area contributed by atoms with E-state index in [2.05, 4.69) is 10.4 Å². The largest absolute Gasteiger partial charge is 0.435 e. The predicted octanol–water partition coefficient (Wildman–Crippen LogP) is 1.54. The fourth-order valence-electron chi connectivity index (χ4n) is 2.48.